The van der Waals surface area contributed by atoms with Gasteiger partial charge in [0.1, 0.15) is 0 Å². The molecule has 2 aromatic rings. The fourth-order valence-electron chi connectivity index (χ4n) is 2.29. The summed E-state index contributed by atoms with van der Waals surface area (Å²) in [6.07, 6.45) is 0.901. The van der Waals surface area contributed by atoms with Crippen LogP contribution in [0.25, 0.3) is 0 Å². The van der Waals surface area contributed by atoms with E-state index in [0.29, 0.717) is 5.75 Å². The number of hydrogen-bond donors (Lipinski definition) is 1. The van der Waals surface area contributed by atoms with E-state index in [1.807, 2.05) is 18.2 Å². The van der Waals surface area contributed by atoms with E-state index in [1.165, 1.54) is 16.7 Å². The Hall–Kier alpha value is -1.74. The summed E-state index contributed by atoms with van der Waals surface area (Å²) in [6, 6.07) is 18.7. The molecule has 2 nitrogen and oxygen atoms in total. The van der Waals surface area contributed by atoms with Crippen LogP contribution in [0.15, 0.2) is 54.6 Å². The summed E-state index contributed by atoms with van der Waals surface area (Å²) >= 11 is 1.65. The number of thioether (sulfide) groups is 1. The molecule has 1 amide bonds. The van der Waals surface area contributed by atoms with E-state index in [1.54, 1.807) is 11.8 Å². The molecule has 0 heterocycles. The van der Waals surface area contributed by atoms with Crippen molar-refractivity contribution < 1.29 is 4.79 Å². The lowest BCUT2D eigenvalue weighted by atomic mass is 10.0. The number of benzene rings is 2. The van der Waals surface area contributed by atoms with Crippen molar-refractivity contribution in [3.8, 4) is 0 Å². The number of amides is 1. The molecule has 0 aliphatic carbocycles. The molecule has 0 bridgehead atoms. The van der Waals surface area contributed by atoms with Crippen molar-refractivity contribution in [2.75, 3.05) is 5.75 Å². The van der Waals surface area contributed by atoms with Gasteiger partial charge in [-0.3, -0.25) is 4.79 Å². The zero-order chi connectivity index (χ0) is 15.8. The largest absolute Gasteiger partial charge is 0.349 e. The monoisotopic (exact) mass is 313 g/mol. The van der Waals surface area contributed by atoms with Crippen molar-refractivity contribution in [1.29, 1.82) is 0 Å². The molecule has 0 spiro atoms. The van der Waals surface area contributed by atoms with Gasteiger partial charge in [0.2, 0.25) is 5.91 Å². The Balaban J connectivity index is 1.81. The Morgan fingerprint density at radius 3 is 2.41 bits per heavy atom. The molecule has 0 fully saturated rings. The lowest BCUT2D eigenvalue weighted by Gasteiger charge is -2.17. The fourth-order valence-corrected chi connectivity index (χ4v) is 3.09. The third-order valence-corrected chi connectivity index (χ3v) is 4.57. The molecule has 1 N–H and O–H groups in total. The van der Waals surface area contributed by atoms with Crippen LogP contribution in [0, 0.1) is 6.92 Å². The molecular weight excluding hydrogens is 290 g/mol. The minimum Gasteiger partial charge on any atom is -0.349 e. The minimum atomic E-state index is 0.102. The van der Waals surface area contributed by atoms with Gasteiger partial charge < -0.3 is 5.32 Å². The topological polar surface area (TPSA) is 29.1 Å². The van der Waals surface area contributed by atoms with Crippen molar-refractivity contribution in [2.24, 2.45) is 0 Å². The van der Waals surface area contributed by atoms with Crippen molar-refractivity contribution in [3.05, 3.63) is 71.3 Å². The zero-order valence-electron chi connectivity index (χ0n) is 13.2. The third-order valence-electron chi connectivity index (χ3n) is 3.57. The maximum absolute atomic E-state index is 12.1. The molecule has 0 unspecified atom stereocenters. The SMILES string of the molecule is CC[C@H](NC(=O)CSCc1ccccc1)c1ccc(C)cc1. The molecule has 0 saturated heterocycles. The molecule has 22 heavy (non-hydrogen) atoms. The summed E-state index contributed by atoms with van der Waals surface area (Å²) < 4.78 is 0. The van der Waals surface area contributed by atoms with Crippen molar-refractivity contribution >= 4 is 17.7 Å². The number of rotatable bonds is 7. The number of aryl methyl sites for hydroxylation is 1. The van der Waals surface area contributed by atoms with E-state index >= 15 is 0 Å². The molecular formula is C19H23NOS. The Labute approximate surface area is 137 Å². The number of carbonyl (C=O) groups excluding carboxylic acids is 1. The Morgan fingerprint density at radius 2 is 1.77 bits per heavy atom. The van der Waals surface area contributed by atoms with Gasteiger partial charge in [0.15, 0.2) is 0 Å². The average molecular weight is 313 g/mol. The van der Waals surface area contributed by atoms with Crippen LogP contribution < -0.4 is 5.32 Å². The van der Waals surface area contributed by atoms with Crippen molar-refractivity contribution in [1.82, 2.24) is 5.32 Å². The number of hydrogen-bond acceptors (Lipinski definition) is 2. The Bertz CT molecular complexity index is 580. The molecule has 0 saturated carbocycles. The highest BCUT2D eigenvalue weighted by molar-refractivity contribution is 7.99. The summed E-state index contributed by atoms with van der Waals surface area (Å²) in [5.74, 6) is 1.47. The summed E-state index contributed by atoms with van der Waals surface area (Å²) in [6.45, 7) is 4.17. The molecule has 1 atom stereocenters. The maximum atomic E-state index is 12.1. The molecule has 116 valence electrons. The van der Waals surface area contributed by atoms with Crippen LogP contribution in [-0.2, 0) is 10.5 Å². The van der Waals surface area contributed by atoms with Gasteiger partial charge in [-0.05, 0) is 24.5 Å². The van der Waals surface area contributed by atoms with Gasteiger partial charge in [-0.2, -0.15) is 0 Å². The van der Waals surface area contributed by atoms with Gasteiger partial charge in [-0.15, -0.1) is 11.8 Å². The van der Waals surface area contributed by atoms with E-state index in [-0.39, 0.29) is 11.9 Å². The number of carbonyl (C=O) groups is 1. The first-order chi connectivity index (χ1) is 10.7. The average Bonchev–Trinajstić information content (AvgIpc) is 2.54. The van der Waals surface area contributed by atoms with Gasteiger partial charge >= 0.3 is 0 Å². The summed E-state index contributed by atoms with van der Waals surface area (Å²) in [4.78, 5) is 12.1. The molecule has 0 radical (unpaired) electrons. The van der Waals surface area contributed by atoms with Gasteiger partial charge in [0.25, 0.3) is 0 Å². The lowest BCUT2D eigenvalue weighted by Crippen LogP contribution is -2.29. The second-order valence-electron chi connectivity index (χ2n) is 5.42. The number of nitrogens with one attached hydrogen (secondary N) is 1. The second-order valence-corrected chi connectivity index (χ2v) is 6.40. The molecule has 0 aliphatic heterocycles. The summed E-state index contributed by atoms with van der Waals surface area (Å²) in [7, 11) is 0. The van der Waals surface area contributed by atoms with Crippen LogP contribution in [-0.4, -0.2) is 11.7 Å². The fraction of sp³-hybridized carbons (Fsp3) is 0.316. The zero-order valence-corrected chi connectivity index (χ0v) is 14.0. The predicted octanol–water partition coefficient (Wildman–Crippen LogP) is 4.50. The first-order valence-corrected chi connectivity index (χ1v) is 8.82. The van der Waals surface area contributed by atoms with E-state index in [9.17, 15) is 4.79 Å². The first-order valence-electron chi connectivity index (χ1n) is 7.66. The van der Waals surface area contributed by atoms with E-state index in [2.05, 4.69) is 55.6 Å². The van der Waals surface area contributed by atoms with Crippen LogP contribution in [0.1, 0.15) is 36.1 Å². The highest BCUT2D eigenvalue weighted by atomic mass is 32.2. The minimum absolute atomic E-state index is 0.102. The van der Waals surface area contributed by atoms with Crippen LogP contribution in [0.5, 0.6) is 0 Å². The van der Waals surface area contributed by atoms with E-state index in [4.69, 9.17) is 0 Å². The smallest absolute Gasteiger partial charge is 0.230 e. The van der Waals surface area contributed by atoms with Crippen LogP contribution in [0.3, 0.4) is 0 Å². The molecule has 0 aromatic heterocycles. The van der Waals surface area contributed by atoms with Crippen LogP contribution >= 0.6 is 11.8 Å². The predicted molar refractivity (Wildman–Crippen MR) is 95.0 cm³/mol. The summed E-state index contributed by atoms with van der Waals surface area (Å²) in [5, 5.41) is 3.13. The van der Waals surface area contributed by atoms with Gasteiger partial charge in [-0.1, -0.05) is 67.1 Å². The molecule has 2 rings (SSSR count). The molecule has 0 aliphatic rings. The molecule has 2 aromatic carbocycles. The van der Waals surface area contributed by atoms with Gasteiger partial charge in [0, 0.05) is 5.75 Å². The van der Waals surface area contributed by atoms with Crippen molar-refractivity contribution in [2.45, 2.75) is 32.1 Å². The highest BCUT2D eigenvalue weighted by Gasteiger charge is 2.12. The van der Waals surface area contributed by atoms with Gasteiger partial charge in [-0.25, -0.2) is 0 Å². The normalized spacial score (nSPS) is 11.9. The quantitative estimate of drug-likeness (QED) is 0.815. The third kappa shape index (κ3) is 5.23. The van der Waals surface area contributed by atoms with Crippen molar-refractivity contribution in [3.63, 3.8) is 0 Å². The summed E-state index contributed by atoms with van der Waals surface area (Å²) in [5.41, 5.74) is 3.67. The second kappa shape index (κ2) is 8.64. The Morgan fingerprint density at radius 1 is 1.09 bits per heavy atom. The highest BCUT2D eigenvalue weighted by Crippen LogP contribution is 2.18. The van der Waals surface area contributed by atoms with Crippen LogP contribution in [0.4, 0.5) is 0 Å². The maximum Gasteiger partial charge on any atom is 0.230 e. The molecule has 3 heteroatoms. The van der Waals surface area contributed by atoms with E-state index < -0.39 is 0 Å². The van der Waals surface area contributed by atoms with E-state index in [0.717, 1.165) is 12.2 Å². The standard InChI is InChI=1S/C19H23NOS/c1-3-18(17-11-9-15(2)10-12-17)20-19(21)14-22-13-16-7-5-4-6-8-16/h4-12,18H,3,13-14H2,1-2H3,(H,20,21)/t18-/m0/s1. The lowest BCUT2D eigenvalue weighted by molar-refractivity contribution is -0.119. The Kier molecular flexibility index (Phi) is 6.53. The van der Waals surface area contributed by atoms with Crippen LogP contribution in [0.2, 0.25) is 0 Å². The first kappa shape index (κ1) is 16.6. The van der Waals surface area contributed by atoms with Gasteiger partial charge in [0.05, 0.1) is 11.8 Å².